The SMILES string of the molecule is COc1ccc(C#CCNC(=O)CCCN2C(=O)c3ccccc3C2=O)cc1. The smallest absolute Gasteiger partial charge is 0.261 e. The van der Waals surface area contributed by atoms with Gasteiger partial charge in [0.05, 0.1) is 24.8 Å². The maximum absolute atomic E-state index is 12.2. The predicted molar refractivity (Wildman–Crippen MR) is 104 cm³/mol. The number of benzene rings is 2. The van der Waals surface area contributed by atoms with Crippen molar-refractivity contribution in [3.05, 3.63) is 65.2 Å². The average molecular weight is 376 g/mol. The maximum Gasteiger partial charge on any atom is 0.261 e. The van der Waals surface area contributed by atoms with Crippen LogP contribution in [0, 0.1) is 11.8 Å². The second-order valence-corrected chi connectivity index (χ2v) is 6.22. The fourth-order valence-corrected chi connectivity index (χ4v) is 2.89. The van der Waals surface area contributed by atoms with E-state index in [1.54, 1.807) is 31.4 Å². The molecule has 0 aromatic heterocycles. The third-order valence-corrected chi connectivity index (χ3v) is 4.36. The summed E-state index contributed by atoms with van der Waals surface area (Å²) in [4.78, 5) is 37.6. The first-order valence-electron chi connectivity index (χ1n) is 8.95. The molecule has 3 rings (SSSR count). The number of imide groups is 1. The molecule has 6 nitrogen and oxygen atoms in total. The Labute approximate surface area is 163 Å². The summed E-state index contributed by atoms with van der Waals surface area (Å²) >= 11 is 0. The molecule has 0 aliphatic carbocycles. The Kier molecular flexibility index (Phi) is 6.07. The lowest BCUT2D eigenvalue weighted by Gasteiger charge is -2.13. The van der Waals surface area contributed by atoms with Crippen molar-refractivity contribution >= 4 is 17.7 Å². The Bertz CT molecular complexity index is 919. The molecule has 28 heavy (non-hydrogen) atoms. The minimum atomic E-state index is -0.300. The van der Waals surface area contributed by atoms with Gasteiger partial charge in [0.15, 0.2) is 0 Å². The van der Waals surface area contributed by atoms with Gasteiger partial charge in [-0.25, -0.2) is 0 Å². The Balaban J connectivity index is 1.40. The summed E-state index contributed by atoms with van der Waals surface area (Å²) in [6.45, 7) is 0.454. The van der Waals surface area contributed by atoms with E-state index in [2.05, 4.69) is 17.2 Å². The average Bonchev–Trinajstić information content (AvgIpc) is 2.97. The number of hydrogen-bond acceptors (Lipinski definition) is 4. The Morgan fingerprint density at radius 2 is 1.68 bits per heavy atom. The highest BCUT2D eigenvalue weighted by Gasteiger charge is 2.34. The molecule has 1 heterocycles. The van der Waals surface area contributed by atoms with E-state index >= 15 is 0 Å². The van der Waals surface area contributed by atoms with Crippen LogP contribution in [0.5, 0.6) is 5.75 Å². The Morgan fingerprint density at radius 3 is 2.29 bits per heavy atom. The largest absolute Gasteiger partial charge is 0.497 e. The number of amides is 3. The third kappa shape index (κ3) is 4.38. The highest BCUT2D eigenvalue weighted by Crippen LogP contribution is 2.22. The van der Waals surface area contributed by atoms with Gasteiger partial charge >= 0.3 is 0 Å². The van der Waals surface area contributed by atoms with E-state index in [0.29, 0.717) is 17.5 Å². The normalized spacial score (nSPS) is 12.2. The minimum absolute atomic E-state index is 0.166. The fraction of sp³-hybridized carbons (Fsp3) is 0.227. The molecule has 1 aliphatic rings. The zero-order valence-corrected chi connectivity index (χ0v) is 15.5. The Hall–Kier alpha value is -3.59. The summed E-state index contributed by atoms with van der Waals surface area (Å²) in [6, 6.07) is 14.1. The van der Waals surface area contributed by atoms with Gasteiger partial charge in [0.25, 0.3) is 11.8 Å². The number of carbonyl (C=O) groups is 3. The van der Waals surface area contributed by atoms with Gasteiger partial charge in [-0.1, -0.05) is 24.0 Å². The molecule has 0 saturated heterocycles. The van der Waals surface area contributed by atoms with Crippen LogP contribution in [0.15, 0.2) is 48.5 Å². The standard InChI is InChI=1S/C22H20N2O4/c1-28-17-12-10-16(11-13-17)6-4-14-23-20(25)9-5-15-24-21(26)18-7-2-3-8-19(18)22(24)27/h2-3,7-8,10-13H,5,9,14-15H2,1H3,(H,23,25). The molecule has 0 atom stereocenters. The van der Waals surface area contributed by atoms with E-state index in [-0.39, 0.29) is 37.2 Å². The van der Waals surface area contributed by atoms with Crippen molar-refractivity contribution < 1.29 is 19.1 Å². The fourth-order valence-electron chi connectivity index (χ4n) is 2.89. The lowest BCUT2D eigenvalue weighted by atomic mass is 10.1. The quantitative estimate of drug-likeness (QED) is 0.620. The van der Waals surface area contributed by atoms with E-state index in [1.807, 2.05) is 24.3 Å². The van der Waals surface area contributed by atoms with Crippen LogP contribution in [0.2, 0.25) is 0 Å². The summed E-state index contributed by atoms with van der Waals surface area (Å²) in [5, 5.41) is 2.71. The number of methoxy groups -OCH3 is 1. The van der Waals surface area contributed by atoms with E-state index in [1.165, 1.54) is 4.90 Å². The topological polar surface area (TPSA) is 75.7 Å². The molecule has 0 radical (unpaired) electrons. The second kappa shape index (κ2) is 8.87. The van der Waals surface area contributed by atoms with Crippen LogP contribution in [-0.2, 0) is 4.79 Å². The number of hydrogen-bond donors (Lipinski definition) is 1. The number of nitrogens with zero attached hydrogens (tertiary/aromatic N) is 1. The summed E-state index contributed by atoms with van der Waals surface area (Å²) in [5.74, 6) is 5.84. The lowest BCUT2D eigenvalue weighted by Crippen LogP contribution is -2.32. The summed E-state index contributed by atoms with van der Waals surface area (Å²) in [7, 11) is 1.60. The van der Waals surface area contributed by atoms with Gasteiger partial charge in [-0.05, 0) is 42.8 Å². The lowest BCUT2D eigenvalue weighted by molar-refractivity contribution is -0.121. The Morgan fingerprint density at radius 1 is 1.04 bits per heavy atom. The van der Waals surface area contributed by atoms with E-state index in [9.17, 15) is 14.4 Å². The first-order chi connectivity index (χ1) is 13.6. The third-order valence-electron chi connectivity index (χ3n) is 4.36. The molecule has 142 valence electrons. The number of rotatable bonds is 6. The van der Waals surface area contributed by atoms with Crippen LogP contribution in [0.3, 0.4) is 0 Å². The summed E-state index contributed by atoms with van der Waals surface area (Å²) in [5.41, 5.74) is 1.68. The molecule has 1 aliphatic heterocycles. The molecular formula is C22H20N2O4. The molecule has 0 unspecified atom stereocenters. The number of fused-ring (bicyclic) bond motifs is 1. The number of nitrogens with one attached hydrogen (secondary N) is 1. The molecule has 0 spiro atoms. The van der Waals surface area contributed by atoms with Gasteiger partial charge < -0.3 is 10.1 Å². The highest BCUT2D eigenvalue weighted by molar-refractivity contribution is 6.21. The van der Waals surface area contributed by atoms with E-state index < -0.39 is 0 Å². The van der Waals surface area contributed by atoms with Crippen LogP contribution in [-0.4, -0.2) is 42.8 Å². The molecule has 2 aromatic carbocycles. The van der Waals surface area contributed by atoms with Crippen LogP contribution in [0.25, 0.3) is 0 Å². The van der Waals surface area contributed by atoms with Gasteiger partial charge in [-0.15, -0.1) is 0 Å². The highest BCUT2D eigenvalue weighted by atomic mass is 16.5. The molecule has 0 saturated carbocycles. The van der Waals surface area contributed by atoms with Crippen molar-refractivity contribution in [3.63, 3.8) is 0 Å². The van der Waals surface area contributed by atoms with Gasteiger partial charge in [0.2, 0.25) is 5.91 Å². The molecule has 2 aromatic rings. The molecular weight excluding hydrogens is 356 g/mol. The van der Waals surface area contributed by atoms with Gasteiger partial charge in [-0.3, -0.25) is 19.3 Å². The van der Waals surface area contributed by atoms with Gasteiger partial charge in [0.1, 0.15) is 5.75 Å². The van der Waals surface area contributed by atoms with Crippen LogP contribution >= 0.6 is 0 Å². The zero-order chi connectivity index (χ0) is 19.9. The molecule has 1 N–H and O–H groups in total. The number of carbonyl (C=O) groups excluding carboxylic acids is 3. The minimum Gasteiger partial charge on any atom is -0.497 e. The maximum atomic E-state index is 12.2. The van der Waals surface area contributed by atoms with Gasteiger partial charge in [0, 0.05) is 18.5 Å². The van der Waals surface area contributed by atoms with E-state index in [0.717, 1.165) is 11.3 Å². The van der Waals surface area contributed by atoms with Crippen molar-refractivity contribution in [1.82, 2.24) is 10.2 Å². The van der Waals surface area contributed by atoms with Gasteiger partial charge in [-0.2, -0.15) is 0 Å². The van der Waals surface area contributed by atoms with Crippen molar-refractivity contribution in [1.29, 1.82) is 0 Å². The zero-order valence-electron chi connectivity index (χ0n) is 15.5. The first kappa shape index (κ1) is 19.2. The predicted octanol–water partition coefficient (Wildman–Crippen LogP) is 2.24. The summed E-state index contributed by atoms with van der Waals surface area (Å²) in [6.07, 6.45) is 0.626. The van der Waals surface area contributed by atoms with Crippen molar-refractivity contribution in [2.24, 2.45) is 0 Å². The monoisotopic (exact) mass is 376 g/mol. The van der Waals surface area contributed by atoms with Crippen LogP contribution in [0.4, 0.5) is 0 Å². The van der Waals surface area contributed by atoms with Crippen LogP contribution in [0.1, 0.15) is 39.1 Å². The summed E-state index contributed by atoms with van der Waals surface area (Å²) < 4.78 is 5.08. The molecule has 6 heteroatoms. The molecule has 3 amide bonds. The van der Waals surface area contributed by atoms with Crippen molar-refractivity contribution in [2.75, 3.05) is 20.2 Å². The van der Waals surface area contributed by atoms with E-state index in [4.69, 9.17) is 4.74 Å². The van der Waals surface area contributed by atoms with Crippen molar-refractivity contribution in [2.45, 2.75) is 12.8 Å². The molecule has 0 fully saturated rings. The second-order valence-electron chi connectivity index (χ2n) is 6.22. The van der Waals surface area contributed by atoms with Crippen molar-refractivity contribution in [3.8, 4) is 17.6 Å². The number of ether oxygens (including phenoxy) is 1. The van der Waals surface area contributed by atoms with Crippen LogP contribution < -0.4 is 10.1 Å². The molecule has 0 bridgehead atoms. The first-order valence-corrected chi connectivity index (χ1v) is 8.95.